The first-order valence-corrected chi connectivity index (χ1v) is 8.61. The van der Waals surface area contributed by atoms with Crippen molar-refractivity contribution in [2.24, 2.45) is 0 Å². The van der Waals surface area contributed by atoms with Crippen LogP contribution in [0.15, 0.2) is 48.8 Å². The average Bonchev–Trinajstić information content (AvgIpc) is 3.30. The fourth-order valence-corrected chi connectivity index (χ4v) is 3.38. The van der Waals surface area contributed by atoms with Gasteiger partial charge in [-0.25, -0.2) is 10.2 Å². The minimum Gasteiger partial charge on any atom is -0.347 e. The summed E-state index contributed by atoms with van der Waals surface area (Å²) in [7, 11) is 0. The van der Waals surface area contributed by atoms with E-state index in [0.29, 0.717) is 30.8 Å². The highest BCUT2D eigenvalue weighted by Gasteiger charge is 2.26. The van der Waals surface area contributed by atoms with Crippen molar-refractivity contribution in [2.45, 2.75) is 20.0 Å². The van der Waals surface area contributed by atoms with E-state index in [4.69, 9.17) is 5.21 Å². The summed E-state index contributed by atoms with van der Waals surface area (Å²) in [5, 5.41) is 13.2. The molecule has 0 radical (unpaired) electrons. The predicted octanol–water partition coefficient (Wildman–Crippen LogP) is 1.76. The Bertz CT molecular complexity index is 1010. The molecule has 0 saturated heterocycles. The zero-order valence-electron chi connectivity index (χ0n) is 14.8. The van der Waals surface area contributed by atoms with Gasteiger partial charge in [-0.2, -0.15) is 5.10 Å². The molecule has 138 valence electrons. The molecule has 0 unspecified atom stereocenters. The van der Waals surface area contributed by atoms with Gasteiger partial charge in [0.25, 0.3) is 11.8 Å². The molecule has 0 saturated carbocycles. The predicted molar refractivity (Wildman–Crippen MR) is 96.7 cm³/mol. The molecule has 1 aliphatic rings. The molecule has 3 heterocycles. The number of benzene rings is 1. The molecule has 2 amide bonds. The largest absolute Gasteiger partial charge is 0.347 e. The number of rotatable bonds is 3. The SMILES string of the molecule is Cc1c(C(=O)N2CCn3cc(C(=O)NO)cc3C2)cnn1-c1ccccc1. The first-order chi connectivity index (χ1) is 13.1. The van der Waals surface area contributed by atoms with Gasteiger partial charge in [0.05, 0.1) is 35.2 Å². The molecule has 8 nitrogen and oxygen atoms in total. The molecule has 0 spiro atoms. The molecule has 0 fully saturated rings. The summed E-state index contributed by atoms with van der Waals surface area (Å²) < 4.78 is 3.68. The molecule has 0 aliphatic carbocycles. The van der Waals surface area contributed by atoms with Crippen LogP contribution < -0.4 is 5.48 Å². The zero-order chi connectivity index (χ0) is 19.0. The van der Waals surface area contributed by atoms with Crippen molar-refractivity contribution in [3.63, 3.8) is 0 Å². The maximum Gasteiger partial charge on any atom is 0.276 e. The third-order valence-electron chi connectivity index (χ3n) is 4.84. The molecule has 2 N–H and O–H groups in total. The lowest BCUT2D eigenvalue weighted by molar-refractivity contribution is 0.0701. The summed E-state index contributed by atoms with van der Waals surface area (Å²) in [4.78, 5) is 26.3. The second-order valence-electron chi connectivity index (χ2n) is 6.47. The van der Waals surface area contributed by atoms with Gasteiger partial charge in [-0.1, -0.05) is 18.2 Å². The van der Waals surface area contributed by atoms with Gasteiger partial charge in [0.2, 0.25) is 0 Å². The van der Waals surface area contributed by atoms with Gasteiger partial charge in [-0.05, 0) is 25.1 Å². The summed E-state index contributed by atoms with van der Waals surface area (Å²) in [6.45, 7) is 3.40. The highest BCUT2D eigenvalue weighted by molar-refractivity contribution is 5.95. The number of hydrogen-bond acceptors (Lipinski definition) is 4. The molecule has 2 aromatic heterocycles. The third-order valence-corrected chi connectivity index (χ3v) is 4.84. The van der Waals surface area contributed by atoms with Crippen molar-refractivity contribution in [2.75, 3.05) is 6.54 Å². The van der Waals surface area contributed by atoms with E-state index in [9.17, 15) is 9.59 Å². The number of amides is 2. The van der Waals surface area contributed by atoms with Crippen LogP contribution in [0.1, 0.15) is 32.1 Å². The lowest BCUT2D eigenvalue weighted by Crippen LogP contribution is -2.38. The third kappa shape index (κ3) is 3.00. The maximum absolute atomic E-state index is 13.0. The molecule has 4 rings (SSSR count). The summed E-state index contributed by atoms with van der Waals surface area (Å²) in [6, 6.07) is 11.4. The van der Waals surface area contributed by atoms with E-state index in [1.165, 1.54) is 0 Å². The molecule has 0 bridgehead atoms. The topological polar surface area (TPSA) is 92.4 Å². The van der Waals surface area contributed by atoms with Gasteiger partial charge in [0, 0.05) is 25.0 Å². The van der Waals surface area contributed by atoms with Gasteiger partial charge in [-0.3, -0.25) is 14.8 Å². The van der Waals surface area contributed by atoms with E-state index in [2.05, 4.69) is 5.10 Å². The number of carbonyl (C=O) groups is 2. The average molecular weight is 365 g/mol. The fraction of sp³-hybridized carbons (Fsp3) is 0.211. The Morgan fingerprint density at radius 1 is 1.19 bits per heavy atom. The molecule has 8 heteroatoms. The van der Waals surface area contributed by atoms with E-state index < -0.39 is 5.91 Å². The smallest absolute Gasteiger partial charge is 0.276 e. The number of aromatic nitrogens is 3. The Labute approximate surface area is 155 Å². The molecular formula is C19H19N5O3. The van der Waals surface area contributed by atoms with Crippen LogP contribution in [0.2, 0.25) is 0 Å². The first-order valence-electron chi connectivity index (χ1n) is 8.61. The van der Waals surface area contributed by atoms with Gasteiger partial charge < -0.3 is 9.47 Å². The van der Waals surface area contributed by atoms with Crippen LogP contribution in [0.3, 0.4) is 0 Å². The molecule has 27 heavy (non-hydrogen) atoms. The summed E-state index contributed by atoms with van der Waals surface area (Å²) in [5.41, 5.74) is 5.10. The van der Waals surface area contributed by atoms with Gasteiger partial charge in [0.15, 0.2) is 0 Å². The molecular weight excluding hydrogens is 346 g/mol. The fourth-order valence-electron chi connectivity index (χ4n) is 3.38. The Balaban J connectivity index is 1.57. The first kappa shape index (κ1) is 17.0. The molecule has 1 aliphatic heterocycles. The number of para-hydroxylation sites is 1. The second-order valence-corrected chi connectivity index (χ2v) is 6.47. The van der Waals surface area contributed by atoms with Crippen molar-refractivity contribution in [3.8, 4) is 5.69 Å². The van der Waals surface area contributed by atoms with E-state index in [1.54, 1.807) is 33.5 Å². The summed E-state index contributed by atoms with van der Waals surface area (Å²) in [5.74, 6) is -0.648. The van der Waals surface area contributed by atoms with Crippen LogP contribution in [0.4, 0.5) is 0 Å². The van der Waals surface area contributed by atoms with Crippen molar-refractivity contribution in [3.05, 3.63) is 71.3 Å². The lowest BCUT2D eigenvalue weighted by atomic mass is 10.2. The number of hydrogen-bond donors (Lipinski definition) is 2. The minimum absolute atomic E-state index is 0.0877. The van der Waals surface area contributed by atoms with Crippen LogP contribution in [-0.2, 0) is 13.1 Å². The normalized spacial score (nSPS) is 13.3. The van der Waals surface area contributed by atoms with E-state index in [-0.39, 0.29) is 5.91 Å². The number of hydroxylamine groups is 1. The maximum atomic E-state index is 13.0. The number of carbonyl (C=O) groups excluding carboxylic acids is 2. The van der Waals surface area contributed by atoms with Crippen molar-refractivity contribution < 1.29 is 14.8 Å². The second kappa shape index (κ2) is 6.73. The monoisotopic (exact) mass is 365 g/mol. The Kier molecular flexibility index (Phi) is 4.25. The zero-order valence-corrected chi connectivity index (χ0v) is 14.8. The summed E-state index contributed by atoms with van der Waals surface area (Å²) >= 11 is 0. The van der Waals surface area contributed by atoms with Crippen LogP contribution in [-0.4, -0.2) is 42.8 Å². The van der Waals surface area contributed by atoms with E-state index in [0.717, 1.165) is 17.1 Å². The Hall–Kier alpha value is -3.39. The standard InChI is InChI=1S/C19H19N5O3/c1-13-17(10-20-24(13)15-5-3-2-4-6-15)19(26)23-8-7-22-11-14(18(25)21-27)9-16(22)12-23/h2-6,9-11,27H,7-8,12H2,1H3,(H,21,25). The molecule has 0 atom stereocenters. The van der Waals surface area contributed by atoms with Crippen LogP contribution in [0.25, 0.3) is 5.69 Å². The van der Waals surface area contributed by atoms with Crippen molar-refractivity contribution in [1.82, 2.24) is 24.7 Å². The number of fused-ring (bicyclic) bond motifs is 1. The molecule has 3 aromatic rings. The van der Waals surface area contributed by atoms with E-state index >= 15 is 0 Å². The number of nitrogens with one attached hydrogen (secondary N) is 1. The highest BCUT2D eigenvalue weighted by atomic mass is 16.5. The summed E-state index contributed by atoms with van der Waals surface area (Å²) in [6.07, 6.45) is 3.28. The lowest BCUT2D eigenvalue weighted by Gasteiger charge is -2.28. The van der Waals surface area contributed by atoms with Crippen LogP contribution in [0.5, 0.6) is 0 Å². The Morgan fingerprint density at radius 3 is 2.70 bits per heavy atom. The minimum atomic E-state index is -0.560. The number of nitrogens with zero attached hydrogens (tertiary/aromatic N) is 4. The van der Waals surface area contributed by atoms with Crippen LogP contribution in [0, 0.1) is 6.92 Å². The van der Waals surface area contributed by atoms with Crippen molar-refractivity contribution in [1.29, 1.82) is 0 Å². The van der Waals surface area contributed by atoms with E-state index in [1.807, 2.05) is 41.8 Å². The quantitative estimate of drug-likeness (QED) is 0.546. The van der Waals surface area contributed by atoms with Gasteiger partial charge >= 0.3 is 0 Å². The Morgan fingerprint density at radius 2 is 1.96 bits per heavy atom. The van der Waals surface area contributed by atoms with Crippen LogP contribution >= 0.6 is 0 Å². The van der Waals surface area contributed by atoms with Gasteiger partial charge in [0.1, 0.15) is 0 Å². The highest BCUT2D eigenvalue weighted by Crippen LogP contribution is 2.21. The van der Waals surface area contributed by atoms with Gasteiger partial charge in [-0.15, -0.1) is 0 Å². The van der Waals surface area contributed by atoms with Crippen molar-refractivity contribution >= 4 is 11.8 Å². The molecule has 1 aromatic carbocycles.